The predicted octanol–water partition coefficient (Wildman–Crippen LogP) is 4.38. The van der Waals surface area contributed by atoms with Crippen molar-refractivity contribution in [2.24, 2.45) is 0 Å². The number of nitrogens with one attached hydrogen (secondary N) is 2. The topological polar surface area (TPSA) is 89.0 Å². The van der Waals surface area contributed by atoms with Gasteiger partial charge in [0.2, 0.25) is 5.88 Å². The van der Waals surface area contributed by atoms with Crippen LogP contribution in [-0.4, -0.2) is 34.5 Å². The molecule has 1 amide bonds. The maximum absolute atomic E-state index is 13.4. The molecule has 178 valence electrons. The van der Waals surface area contributed by atoms with Gasteiger partial charge in [0.1, 0.15) is 17.5 Å². The Kier molecular flexibility index (Phi) is 6.07. The number of pyridine rings is 1. The number of hydrogen-bond acceptors (Lipinski definition) is 6. The molecule has 4 rings (SSSR count). The summed E-state index contributed by atoms with van der Waals surface area (Å²) in [6, 6.07) is 5.07. The third-order valence-corrected chi connectivity index (χ3v) is 5.36. The molecule has 1 aromatic carbocycles. The number of methoxy groups -OCH3 is 1. The van der Waals surface area contributed by atoms with Crippen molar-refractivity contribution < 1.29 is 31.5 Å². The minimum atomic E-state index is -4.48. The number of halogens is 5. The molecule has 0 unspecified atom stereocenters. The van der Waals surface area contributed by atoms with Crippen LogP contribution in [0.4, 0.5) is 33.5 Å². The summed E-state index contributed by atoms with van der Waals surface area (Å²) in [6.07, 6.45) is -1.20. The Bertz CT molecular complexity index is 1190. The van der Waals surface area contributed by atoms with Crippen LogP contribution >= 0.6 is 0 Å². The van der Waals surface area contributed by atoms with Gasteiger partial charge in [-0.3, -0.25) is 9.78 Å². The van der Waals surface area contributed by atoms with Gasteiger partial charge in [-0.2, -0.15) is 13.2 Å². The fraction of sp³-hybridized carbons (Fsp3) is 0.273. The summed E-state index contributed by atoms with van der Waals surface area (Å²) >= 11 is 0. The Balaban J connectivity index is 1.48. The average molecular weight is 479 g/mol. The molecule has 0 saturated heterocycles. The number of hydrogen-bond donors (Lipinski definition) is 2. The van der Waals surface area contributed by atoms with E-state index in [1.807, 2.05) is 0 Å². The van der Waals surface area contributed by atoms with Crippen LogP contribution in [0, 0.1) is 11.6 Å². The van der Waals surface area contributed by atoms with Crippen LogP contribution in [0.15, 0.2) is 42.7 Å². The van der Waals surface area contributed by atoms with Gasteiger partial charge >= 0.3 is 6.18 Å². The van der Waals surface area contributed by atoms with Crippen molar-refractivity contribution in [3.05, 3.63) is 71.3 Å². The normalized spacial score (nSPS) is 14.4. The van der Waals surface area contributed by atoms with Gasteiger partial charge in [0, 0.05) is 35.6 Å². The van der Waals surface area contributed by atoms with Crippen molar-refractivity contribution in [3.63, 3.8) is 0 Å². The number of anilines is 2. The standard InChI is InChI=1S/C22H18F5N5O2/c1-34-20-18(32-17(10-29-20)31-15-7-13(23)6-14(24)8-15)19(33)30-11-21(4-5-21)16-3-2-12(9-28-16)22(25,26)27/h2-3,6-10H,4-5,11H2,1H3,(H,30,33)(H,31,32). The Labute approximate surface area is 190 Å². The zero-order valence-corrected chi connectivity index (χ0v) is 17.7. The van der Waals surface area contributed by atoms with E-state index in [0.717, 1.165) is 24.4 Å². The fourth-order valence-corrected chi connectivity index (χ4v) is 3.39. The number of amides is 1. The summed E-state index contributed by atoms with van der Waals surface area (Å²) in [5.41, 5.74) is -1.09. The Hall–Kier alpha value is -3.83. The molecule has 34 heavy (non-hydrogen) atoms. The second-order valence-electron chi connectivity index (χ2n) is 7.79. The Morgan fingerprint density at radius 2 is 1.79 bits per heavy atom. The molecule has 1 fully saturated rings. The molecule has 0 atom stereocenters. The second-order valence-corrected chi connectivity index (χ2v) is 7.79. The molecule has 12 heteroatoms. The number of nitrogens with zero attached hydrogens (tertiary/aromatic N) is 3. The molecule has 1 saturated carbocycles. The molecule has 3 aromatic rings. The highest BCUT2D eigenvalue weighted by Gasteiger charge is 2.46. The van der Waals surface area contributed by atoms with Crippen LogP contribution in [0.3, 0.4) is 0 Å². The van der Waals surface area contributed by atoms with Gasteiger partial charge < -0.3 is 15.4 Å². The molecular weight excluding hydrogens is 461 g/mol. The molecule has 0 spiro atoms. The first kappa shape index (κ1) is 23.3. The first-order chi connectivity index (χ1) is 16.1. The third kappa shape index (κ3) is 5.05. The molecular formula is C22H18F5N5O2. The third-order valence-electron chi connectivity index (χ3n) is 5.36. The van der Waals surface area contributed by atoms with Gasteiger partial charge in [0.05, 0.1) is 18.9 Å². The SMILES string of the molecule is COc1ncc(Nc2cc(F)cc(F)c2)nc1C(=O)NCC1(c2ccc(C(F)(F)F)cn2)CC1. The van der Waals surface area contributed by atoms with Gasteiger partial charge in [-0.1, -0.05) is 0 Å². The lowest BCUT2D eigenvalue weighted by Crippen LogP contribution is -2.33. The van der Waals surface area contributed by atoms with Crippen LogP contribution in [0.5, 0.6) is 5.88 Å². The van der Waals surface area contributed by atoms with Gasteiger partial charge in [0.15, 0.2) is 5.69 Å². The smallest absolute Gasteiger partial charge is 0.417 e. The maximum atomic E-state index is 13.4. The van der Waals surface area contributed by atoms with Crippen molar-refractivity contribution in [2.75, 3.05) is 19.0 Å². The molecule has 7 nitrogen and oxygen atoms in total. The molecule has 1 aliphatic rings. The molecule has 2 N–H and O–H groups in total. The lowest BCUT2D eigenvalue weighted by atomic mass is 10.0. The largest absolute Gasteiger partial charge is 0.479 e. The van der Waals surface area contributed by atoms with Crippen LogP contribution in [-0.2, 0) is 11.6 Å². The van der Waals surface area contributed by atoms with Crippen molar-refractivity contribution in [2.45, 2.75) is 24.4 Å². The van der Waals surface area contributed by atoms with Crippen LogP contribution in [0.25, 0.3) is 0 Å². The average Bonchev–Trinajstić information content (AvgIpc) is 3.57. The zero-order valence-electron chi connectivity index (χ0n) is 17.7. The highest BCUT2D eigenvalue weighted by molar-refractivity contribution is 5.95. The number of ether oxygens (including phenoxy) is 1. The van der Waals surface area contributed by atoms with Crippen LogP contribution < -0.4 is 15.4 Å². The number of benzene rings is 1. The number of alkyl halides is 3. The minimum absolute atomic E-state index is 0.0430. The van der Waals surface area contributed by atoms with Gasteiger partial charge in [0.25, 0.3) is 5.91 Å². The van der Waals surface area contributed by atoms with Crippen molar-refractivity contribution >= 4 is 17.4 Å². The van der Waals surface area contributed by atoms with E-state index >= 15 is 0 Å². The van der Waals surface area contributed by atoms with Crippen molar-refractivity contribution in [1.82, 2.24) is 20.3 Å². The van der Waals surface area contributed by atoms with Gasteiger partial charge in [-0.15, -0.1) is 0 Å². The molecule has 0 radical (unpaired) electrons. The van der Waals surface area contributed by atoms with E-state index in [1.165, 1.54) is 19.4 Å². The van der Waals surface area contributed by atoms with E-state index in [0.29, 0.717) is 24.6 Å². The Morgan fingerprint density at radius 1 is 1.09 bits per heavy atom. The highest BCUT2D eigenvalue weighted by atomic mass is 19.4. The van der Waals surface area contributed by atoms with E-state index in [-0.39, 0.29) is 29.6 Å². The predicted molar refractivity (Wildman–Crippen MR) is 111 cm³/mol. The molecule has 2 aromatic heterocycles. The monoisotopic (exact) mass is 479 g/mol. The second kappa shape index (κ2) is 8.84. The number of carbonyl (C=O) groups excluding carboxylic acids is 1. The molecule has 1 aliphatic carbocycles. The summed E-state index contributed by atoms with van der Waals surface area (Å²) < 4.78 is 70.3. The number of aromatic nitrogens is 3. The van der Waals surface area contributed by atoms with Gasteiger partial charge in [-0.25, -0.2) is 18.7 Å². The lowest BCUT2D eigenvalue weighted by Gasteiger charge is -2.17. The highest BCUT2D eigenvalue weighted by Crippen LogP contribution is 2.47. The maximum Gasteiger partial charge on any atom is 0.417 e. The van der Waals surface area contributed by atoms with Gasteiger partial charge in [-0.05, 0) is 37.1 Å². The van der Waals surface area contributed by atoms with E-state index in [9.17, 15) is 26.7 Å². The van der Waals surface area contributed by atoms with Crippen molar-refractivity contribution in [1.29, 1.82) is 0 Å². The summed E-state index contributed by atoms with van der Waals surface area (Å²) in [7, 11) is 1.30. The van der Waals surface area contributed by atoms with E-state index in [4.69, 9.17) is 4.74 Å². The van der Waals surface area contributed by atoms with Crippen molar-refractivity contribution in [3.8, 4) is 5.88 Å². The fourth-order valence-electron chi connectivity index (χ4n) is 3.39. The Morgan fingerprint density at radius 3 is 2.35 bits per heavy atom. The summed E-state index contributed by atoms with van der Waals surface area (Å²) in [6.45, 7) is 0.113. The first-order valence-electron chi connectivity index (χ1n) is 10.1. The zero-order chi connectivity index (χ0) is 24.5. The molecule has 0 aliphatic heterocycles. The number of rotatable bonds is 7. The summed E-state index contributed by atoms with van der Waals surface area (Å²) in [4.78, 5) is 24.9. The first-order valence-corrected chi connectivity index (χ1v) is 10.1. The molecule has 2 heterocycles. The molecule has 0 bridgehead atoms. The minimum Gasteiger partial charge on any atom is -0.479 e. The van der Waals surface area contributed by atoms with E-state index in [2.05, 4.69) is 25.6 Å². The van der Waals surface area contributed by atoms with E-state index < -0.39 is 34.7 Å². The summed E-state index contributed by atoms with van der Waals surface area (Å²) in [5.74, 6) is -2.27. The van der Waals surface area contributed by atoms with Crippen LogP contribution in [0.1, 0.15) is 34.6 Å². The van der Waals surface area contributed by atoms with Crippen LogP contribution in [0.2, 0.25) is 0 Å². The lowest BCUT2D eigenvalue weighted by molar-refractivity contribution is -0.137. The number of carbonyl (C=O) groups is 1. The van der Waals surface area contributed by atoms with E-state index in [1.54, 1.807) is 0 Å². The quantitative estimate of drug-likeness (QED) is 0.489. The summed E-state index contributed by atoms with van der Waals surface area (Å²) in [5, 5.41) is 5.37.